The van der Waals surface area contributed by atoms with Crippen molar-refractivity contribution in [1.29, 1.82) is 0 Å². The fraction of sp³-hybridized carbons (Fsp3) is 0.360. The Kier molecular flexibility index (Phi) is 7.23. The summed E-state index contributed by atoms with van der Waals surface area (Å²) >= 11 is 1.51. The zero-order valence-electron chi connectivity index (χ0n) is 19.0. The first-order valence-electron chi connectivity index (χ1n) is 11.3. The van der Waals surface area contributed by atoms with Gasteiger partial charge in [-0.15, -0.1) is 10.2 Å². The Balaban J connectivity index is 1.92. The van der Waals surface area contributed by atoms with E-state index in [1.165, 1.54) is 22.7 Å². The molecule has 0 bridgehead atoms. The number of unbranched alkanes of at least 4 members (excludes halogenated alkanes) is 1. The van der Waals surface area contributed by atoms with E-state index in [-0.39, 0.29) is 23.8 Å². The number of aromatic nitrogens is 3. The number of carbonyl (C=O) groups is 1. The van der Waals surface area contributed by atoms with Gasteiger partial charge in [-0.05, 0) is 36.6 Å². The van der Waals surface area contributed by atoms with Gasteiger partial charge in [-0.1, -0.05) is 63.2 Å². The van der Waals surface area contributed by atoms with Crippen LogP contribution in [-0.4, -0.2) is 26.8 Å². The van der Waals surface area contributed by atoms with E-state index in [2.05, 4.69) is 29.0 Å². The highest BCUT2D eigenvalue weighted by Gasteiger charge is 2.36. The predicted molar refractivity (Wildman–Crippen MR) is 128 cm³/mol. The normalized spacial score (nSPS) is 14.8. The maximum atomic E-state index is 14.9. The molecule has 0 saturated carbocycles. The van der Waals surface area contributed by atoms with Crippen LogP contribution in [0.2, 0.25) is 0 Å². The van der Waals surface area contributed by atoms with E-state index in [1.54, 1.807) is 25.1 Å². The second kappa shape index (κ2) is 10.3. The van der Waals surface area contributed by atoms with E-state index >= 15 is 0 Å². The number of fused-ring (bicyclic) bond motifs is 3. The molecular formula is C25H27FN4O2S. The molecule has 1 atom stereocenters. The summed E-state index contributed by atoms with van der Waals surface area (Å²) in [6.07, 6.45) is 2.13. The van der Waals surface area contributed by atoms with E-state index in [1.807, 2.05) is 18.2 Å². The zero-order valence-corrected chi connectivity index (χ0v) is 19.9. The van der Waals surface area contributed by atoms with E-state index in [0.29, 0.717) is 22.1 Å². The minimum Gasteiger partial charge on any atom is -0.447 e. The Hall–Kier alpha value is -3.00. The second-order valence-electron chi connectivity index (χ2n) is 7.76. The third-order valence-corrected chi connectivity index (χ3v) is 6.47. The van der Waals surface area contributed by atoms with Crippen molar-refractivity contribution in [2.75, 3.05) is 10.7 Å². The molecular weight excluding hydrogens is 439 g/mol. The molecule has 6 nitrogen and oxygen atoms in total. The van der Waals surface area contributed by atoms with Crippen molar-refractivity contribution in [1.82, 2.24) is 15.2 Å². The molecule has 2 aromatic carbocycles. The molecule has 172 valence electrons. The van der Waals surface area contributed by atoms with Crippen LogP contribution in [0.4, 0.5) is 10.1 Å². The molecule has 0 radical (unpaired) electrons. The monoisotopic (exact) mass is 466 g/mol. The summed E-state index contributed by atoms with van der Waals surface area (Å²) in [5.41, 5.74) is 3.10. The molecule has 4 rings (SSSR count). The van der Waals surface area contributed by atoms with Crippen LogP contribution in [0.1, 0.15) is 57.4 Å². The molecule has 0 saturated heterocycles. The molecule has 0 N–H and O–H groups in total. The molecule has 2 heterocycles. The number of carbonyl (C=O) groups excluding carboxylic acids is 1. The zero-order chi connectivity index (χ0) is 23.4. The minimum atomic E-state index is -1.02. The number of nitrogens with zero attached hydrogens (tertiary/aromatic N) is 4. The molecule has 3 aromatic rings. The average Bonchev–Trinajstić information content (AvgIpc) is 2.97. The molecule has 1 aliphatic rings. The van der Waals surface area contributed by atoms with Gasteiger partial charge in [0, 0.05) is 23.3 Å². The van der Waals surface area contributed by atoms with Crippen molar-refractivity contribution in [2.24, 2.45) is 0 Å². The lowest BCUT2D eigenvalue weighted by Crippen LogP contribution is -2.37. The van der Waals surface area contributed by atoms with Crippen LogP contribution in [-0.2, 0) is 11.2 Å². The van der Waals surface area contributed by atoms with Crippen molar-refractivity contribution < 1.29 is 13.9 Å². The molecule has 33 heavy (non-hydrogen) atoms. The first-order valence-corrected chi connectivity index (χ1v) is 12.3. The number of anilines is 1. The van der Waals surface area contributed by atoms with E-state index < -0.39 is 12.0 Å². The van der Waals surface area contributed by atoms with Gasteiger partial charge in [0.25, 0.3) is 0 Å². The maximum absolute atomic E-state index is 14.9. The van der Waals surface area contributed by atoms with Crippen molar-refractivity contribution in [3.63, 3.8) is 0 Å². The Bertz CT molecular complexity index is 1160. The lowest BCUT2D eigenvalue weighted by atomic mass is 10.0. The molecule has 1 aromatic heterocycles. The number of hydrogen-bond donors (Lipinski definition) is 0. The third-order valence-electron chi connectivity index (χ3n) is 5.55. The topological polar surface area (TPSA) is 68.2 Å². The van der Waals surface area contributed by atoms with Gasteiger partial charge in [0.2, 0.25) is 23.2 Å². The summed E-state index contributed by atoms with van der Waals surface area (Å²) in [5.74, 6) is 0.474. The molecule has 0 aliphatic carbocycles. The van der Waals surface area contributed by atoms with Crippen molar-refractivity contribution in [2.45, 2.75) is 57.8 Å². The largest absolute Gasteiger partial charge is 0.447 e. The Morgan fingerprint density at radius 3 is 2.70 bits per heavy atom. The van der Waals surface area contributed by atoms with Gasteiger partial charge in [0.15, 0.2) is 5.69 Å². The average molecular weight is 467 g/mol. The third kappa shape index (κ3) is 4.71. The minimum absolute atomic E-state index is 0.188. The van der Waals surface area contributed by atoms with Crippen molar-refractivity contribution in [3.8, 4) is 17.1 Å². The fourth-order valence-electron chi connectivity index (χ4n) is 3.72. The van der Waals surface area contributed by atoms with Crippen molar-refractivity contribution in [3.05, 3.63) is 59.4 Å². The number of amides is 1. The highest BCUT2D eigenvalue weighted by Crippen LogP contribution is 2.44. The smallest absolute Gasteiger partial charge is 0.247 e. The highest BCUT2D eigenvalue weighted by atomic mass is 32.2. The van der Waals surface area contributed by atoms with Crippen LogP contribution in [0, 0.1) is 5.82 Å². The summed E-state index contributed by atoms with van der Waals surface area (Å²) in [7, 11) is 0. The first-order chi connectivity index (χ1) is 16.1. The van der Waals surface area contributed by atoms with Crippen LogP contribution in [0.15, 0.2) is 47.6 Å². The lowest BCUT2D eigenvalue weighted by Gasteiger charge is -2.31. The number of rotatable bonds is 7. The Morgan fingerprint density at radius 1 is 1.15 bits per heavy atom. The standard InChI is InChI=1S/C25H27FN4O2S/c1-4-7-14-33-25-27-23-22(28-29-25)18-15-16(5-2)12-13-20(18)30(21(31)6-3)24(32-23)17-10-8-9-11-19(17)26/h8-13,15,24H,4-7,14H2,1-3H3. The number of thioether (sulfide) groups is 1. The van der Waals surface area contributed by atoms with Gasteiger partial charge < -0.3 is 4.74 Å². The van der Waals surface area contributed by atoms with Crippen LogP contribution in [0.5, 0.6) is 5.88 Å². The Morgan fingerprint density at radius 2 is 1.97 bits per heavy atom. The highest BCUT2D eigenvalue weighted by molar-refractivity contribution is 7.99. The van der Waals surface area contributed by atoms with Gasteiger partial charge in [-0.2, -0.15) is 4.98 Å². The van der Waals surface area contributed by atoms with Gasteiger partial charge in [0.05, 0.1) is 5.69 Å². The summed E-state index contributed by atoms with van der Waals surface area (Å²) in [4.78, 5) is 19.3. The van der Waals surface area contributed by atoms with Gasteiger partial charge in [-0.25, -0.2) is 4.39 Å². The van der Waals surface area contributed by atoms with E-state index in [0.717, 1.165) is 30.6 Å². The molecule has 1 aliphatic heterocycles. The number of benzene rings is 2. The molecule has 8 heteroatoms. The van der Waals surface area contributed by atoms with E-state index in [9.17, 15) is 9.18 Å². The summed E-state index contributed by atoms with van der Waals surface area (Å²) in [6.45, 7) is 5.96. The first kappa shape index (κ1) is 23.2. The number of ether oxygens (including phenoxy) is 1. The SMILES string of the molecule is CCCCSc1nnc2c(n1)OC(c1ccccc1F)N(C(=O)CC)c1ccc(CC)cc1-2. The molecule has 1 amide bonds. The van der Waals surface area contributed by atoms with Crippen LogP contribution < -0.4 is 9.64 Å². The predicted octanol–water partition coefficient (Wildman–Crippen LogP) is 5.97. The summed E-state index contributed by atoms with van der Waals surface area (Å²) in [6, 6.07) is 12.2. The van der Waals surface area contributed by atoms with Crippen molar-refractivity contribution >= 4 is 23.4 Å². The van der Waals surface area contributed by atoms with E-state index in [4.69, 9.17) is 4.74 Å². The number of hydrogen-bond acceptors (Lipinski definition) is 6. The van der Waals surface area contributed by atoms with Gasteiger partial charge in [0.1, 0.15) is 5.82 Å². The van der Waals surface area contributed by atoms with Crippen LogP contribution >= 0.6 is 11.8 Å². The lowest BCUT2D eigenvalue weighted by molar-refractivity contribution is -0.120. The number of aryl methyl sites for hydroxylation is 1. The molecule has 1 unspecified atom stereocenters. The van der Waals surface area contributed by atoms with Crippen LogP contribution in [0.3, 0.4) is 0 Å². The second-order valence-corrected chi connectivity index (χ2v) is 8.83. The van der Waals surface area contributed by atoms with Crippen LogP contribution in [0.25, 0.3) is 11.3 Å². The summed E-state index contributed by atoms with van der Waals surface area (Å²) < 4.78 is 21.2. The fourth-order valence-corrected chi connectivity index (χ4v) is 4.58. The molecule has 0 spiro atoms. The molecule has 0 fully saturated rings. The van der Waals surface area contributed by atoms with Gasteiger partial charge >= 0.3 is 0 Å². The maximum Gasteiger partial charge on any atom is 0.247 e. The Labute approximate surface area is 197 Å². The quantitative estimate of drug-likeness (QED) is 0.316. The summed E-state index contributed by atoms with van der Waals surface area (Å²) in [5, 5.41) is 9.26. The number of halogens is 1. The van der Waals surface area contributed by atoms with Gasteiger partial charge in [-0.3, -0.25) is 9.69 Å².